The van der Waals surface area contributed by atoms with Gasteiger partial charge in [-0.25, -0.2) is 0 Å². The fourth-order valence-corrected chi connectivity index (χ4v) is 1.83. The molecule has 0 aliphatic carbocycles. The van der Waals surface area contributed by atoms with Crippen molar-refractivity contribution in [2.75, 3.05) is 6.61 Å². The number of hydrogen-bond acceptors (Lipinski definition) is 1. The molecule has 0 aromatic carbocycles. The summed E-state index contributed by atoms with van der Waals surface area (Å²) >= 11 is 0. The fourth-order valence-electron chi connectivity index (χ4n) is 1.83. The first kappa shape index (κ1) is 8.06. The molecule has 0 amide bonds. The van der Waals surface area contributed by atoms with Crippen molar-refractivity contribution in [2.24, 2.45) is 11.8 Å². The van der Waals surface area contributed by atoms with Crippen LogP contribution in [0.4, 0.5) is 0 Å². The van der Waals surface area contributed by atoms with Crippen LogP contribution in [0.2, 0.25) is 0 Å². The first-order chi connectivity index (χ1) is 4.75. The lowest BCUT2D eigenvalue weighted by molar-refractivity contribution is 0.0532. The molecule has 2 atom stereocenters. The van der Waals surface area contributed by atoms with Crippen LogP contribution in [0.1, 0.15) is 33.6 Å². The Labute approximate surface area is 63.8 Å². The summed E-state index contributed by atoms with van der Waals surface area (Å²) in [5, 5.41) is 0. The molecule has 1 heteroatoms. The zero-order valence-electron chi connectivity index (χ0n) is 7.26. The van der Waals surface area contributed by atoms with E-state index in [0.29, 0.717) is 12.0 Å². The van der Waals surface area contributed by atoms with Crippen LogP contribution in [0.25, 0.3) is 0 Å². The second kappa shape index (κ2) is 3.38. The molecule has 0 N–H and O–H groups in total. The van der Waals surface area contributed by atoms with Crippen LogP contribution in [0, 0.1) is 11.8 Å². The van der Waals surface area contributed by atoms with Gasteiger partial charge in [0.2, 0.25) is 0 Å². The summed E-state index contributed by atoms with van der Waals surface area (Å²) in [4.78, 5) is 0. The fraction of sp³-hybridized carbons (Fsp3) is 1.00. The van der Waals surface area contributed by atoms with Crippen molar-refractivity contribution in [1.82, 2.24) is 0 Å². The normalized spacial score (nSPS) is 33.6. The molecule has 0 aromatic rings. The molecule has 1 nitrogen and oxygen atoms in total. The highest BCUT2D eigenvalue weighted by molar-refractivity contribution is 4.77. The molecule has 0 spiro atoms. The Bertz CT molecular complexity index is 98.9. The van der Waals surface area contributed by atoms with Crippen molar-refractivity contribution in [3.63, 3.8) is 0 Å². The summed E-state index contributed by atoms with van der Waals surface area (Å²) < 4.78 is 5.62. The van der Waals surface area contributed by atoms with Crippen molar-refractivity contribution in [3.05, 3.63) is 0 Å². The summed E-state index contributed by atoms with van der Waals surface area (Å²) in [6.07, 6.45) is 3.10. The lowest BCUT2D eigenvalue weighted by Crippen LogP contribution is -2.21. The monoisotopic (exact) mass is 142 g/mol. The van der Waals surface area contributed by atoms with E-state index in [4.69, 9.17) is 4.74 Å². The van der Waals surface area contributed by atoms with Crippen LogP contribution in [0.5, 0.6) is 0 Å². The topological polar surface area (TPSA) is 9.23 Å². The zero-order chi connectivity index (χ0) is 7.56. The Morgan fingerprint density at radius 1 is 1.50 bits per heavy atom. The van der Waals surface area contributed by atoms with Crippen LogP contribution in [-0.2, 0) is 4.74 Å². The molecular formula is C9H18O. The van der Waals surface area contributed by atoms with Gasteiger partial charge in [0.05, 0.1) is 6.10 Å². The van der Waals surface area contributed by atoms with Crippen molar-refractivity contribution in [2.45, 2.75) is 39.7 Å². The van der Waals surface area contributed by atoms with Crippen molar-refractivity contribution in [1.29, 1.82) is 0 Å². The van der Waals surface area contributed by atoms with Crippen LogP contribution >= 0.6 is 0 Å². The molecule has 0 aromatic heterocycles. The third-order valence-corrected chi connectivity index (χ3v) is 2.45. The average Bonchev–Trinajstić information content (AvgIpc) is 2.33. The quantitative estimate of drug-likeness (QED) is 0.575. The van der Waals surface area contributed by atoms with E-state index < -0.39 is 0 Å². The van der Waals surface area contributed by atoms with Gasteiger partial charge >= 0.3 is 0 Å². The summed E-state index contributed by atoms with van der Waals surface area (Å²) in [5.41, 5.74) is 0. The Hall–Kier alpha value is -0.0400. The SMILES string of the molecule is CC[C@@H]1CCO[C@@H]1C(C)C. The van der Waals surface area contributed by atoms with E-state index in [1.165, 1.54) is 12.8 Å². The van der Waals surface area contributed by atoms with Crippen LogP contribution < -0.4 is 0 Å². The third kappa shape index (κ3) is 1.51. The molecule has 60 valence electrons. The Morgan fingerprint density at radius 2 is 2.20 bits per heavy atom. The minimum absolute atomic E-state index is 0.546. The summed E-state index contributed by atoms with van der Waals surface area (Å²) in [6, 6.07) is 0. The predicted octanol–water partition coefficient (Wildman–Crippen LogP) is 2.46. The maximum atomic E-state index is 5.62. The van der Waals surface area contributed by atoms with Crippen LogP contribution in [0.3, 0.4) is 0 Å². The highest BCUT2D eigenvalue weighted by Gasteiger charge is 2.28. The lowest BCUT2D eigenvalue weighted by Gasteiger charge is -2.20. The van der Waals surface area contributed by atoms with Crippen LogP contribution in [0.15, 0.2) is 0 Å². The van der Waals surface area contributed by atoms with Gasteiger partial charge < -0.3 is 4.74 Å². The van der Waals surface area contributed by atoms with E-state index in [9.17, 15) is 0 Å². The summed E-state index contributed by atoms with van der Waals surface area (Å²) in [6.45, 7) is 7.74. The molecule has 0 radical (unpaired) electrons. The van der Waals surface area contributed by atoms with E-state index in [1.807, 2.05) is 0 Å². The van der Waals surface area contributed by atoms with Gasteiger partial charge in [-0.2, -0.15) is 0 Å². The van der Waals surface area contributed by atoms with Gasteiger partial charge in [0.1, 0.15) is 0 Å². The maximum Gasteiger partial charge on any atom is 0.0626 e. The summed E-state index contributed by atoms with van der Waals surface area (Å²) in [7, 11) is 0. The molecule has 1 saturated heterocycles. The lowest BCUT2D eigenvalue weighted by atomic mass is 9.91. The maximum absolute atomic E-state index is 5.62. The second-order valence-corrected chi connectivity index (χ2v) is 3.54. The van der Waals surface area contributed by atoms with Crippen molar-refractivity contribution >= 4 is 0 Å². The van der Waals surface area contributed by atoms with Crippen molar-refractivity contribution in [3.8, 4) is 0 Å². The Balaban J connectivity index is 2.42. The van der Waals surface area contributed by atoms with Crippen LogP contribution in [-0.4, -0.2) is 12.7 Å². The number of rotatable bonds is 2. The van der Waals surface area contributed by atoms with E-state index in [-0.39, 0.29) is 0 Å². The first-order valence-electron chi connectivity index (χ1n) is 4.37. The van der Waals surface area contributed by atoms with Gasteiger partial charge in [-0.15, -0.1) is 0 Å². The molecule has 0 saturated carbocycles. The minimum Gasteiger partial charge on any atom is -0.378 e. The molecule has 1 fully saturated rings. The van der Waals surface area contributed by atoms with E-state index in [1.54, 1.807) is 0 Å². The molecule has 1 rings (SSSR count). The zero-order valence-corrected chi connectivity index (χ0v) is 7.26. The van der Waals surface area contributed by atoms with Gasteiger partial charge in [-0.3, -0.25) is 0 Å². The number of ether oxygens (including phenoxy) is 1. The number of hydrogen-bond donors (Lipinski definition) is 0. The van der Waals surface area contributed by atoms with Gasteiger partial charge in [0, 0.05) is 6.61 Å². The van der Waals surface area contributed by atoms with Gasteiger partial charge in [-0.1, -0.05) is 27.2 Å². The van der Waals surface area contributed by atoms with Crippen molar-refractivity contribution < 1.29 is 4.74 Å². The highest BCUT2D eigenvalue weighted by Crippen LogP contribution is 2.28. The molecule has 1 aliphatic rings. The van der Waals surface area contributed by atoms with Gasteiger partial charge in [-0.05, 0) is 18.3 Å². The summed E-state index contributed by atoms with van der Waals surface area (Å²) in [5.74, 6) is 1.53. The molecule has 10 heavy (non-hydrogen) atoms. The van der Waals surface area contributed by atoms with E-state index in [2.05, 4.69) is 20.8 Å². The standard InChI is InChI=1S/C9H18O/c1-4-8-5-6-10-9(8)7(2)3/h7-9H,4-6H2,1-3H3/t8-,9-/m1/s1. The molecule has 1 aliphatic heterocycles. The molecule has 0 bridgehead atoms. The first-order valence-corrected chi connectivity index (χ1v) is 4.37. The van der Waals surface area contributed by atoms with Gasteiger partial charge in [0.15, 0.2) is 0 Å². The Kier molecular flexibility index (Phi) is 2.72. The third-order valence-electron chi connectivity index (χ3n) is 2.45. The predicted molar refractivity (Wildman–Crippen MR) is 43.0 cm³/mol. The Morgan fingerprint density at radius 3 is 2.60 bits per heavy atom. The van der Waals surface area contributed by atoms with Gasteiger partial charge in [0.25, 0.3) is 0 Å². The largest absolute Gasteiger partial charge is 0.378 e. The smallest absolute Gasteiger partial charge is 0.0626 e. The highest BCUT2D eigenvalue weighted by atomic mass is 16.5. The minimum atomic E-state index is 0.546. The molecular weight excluding hydrogens is 124 g/mol. The molecule has 1 heterocycles. The van der Waals surface area contributed by atoms with E-state index in [0.717, 1.165) is 12.5 Å². The van der Waals surface area contributed by atoms with E-state index >= 15 is 0 Å². The average molecular weight is 142 g/mol. The second-order valence-electron chi connectivity index (χ2n) is 3.54. The molecule has 0 unspecified atom stereocenters.